The summed E-state index contributed by atoms with van der Waals surface area (Å²) >= 11 is 3.21. The van der Waals surface area contributed by atoms with Gasteiger partial charge < -0.3 is 10.4 Å². The highest BCUT2D eigenvalue weighted by atomic mass is 79.9. The molecule has 0 radical (unpaired) electrons. The van der Waals surface area contributed by atoms with Crippen LogP contribution in [-0.4, -0.2) is 28.0 Å². The summed E-state index contributed by atoms with van der Waals surface area (Å²) < 4.78 is 0.754. The van der Waals surface area contributed by atoms with E-state index in [0.29, 0.717) is 0 Å². The molecule has 0 saturated heterocycles. The summed E-state index contributed by atoms with van der Waals surface area (Å²) in [6.45, 7) is 5.25. The lowest BCUT2D eigenvalue weighted by Crippen LogP contribution is -2.49. The Bertz CT molecular complexity index is 451. The summed E-state index contributed by atoms with van der Waals surface area (Å²) in [5.74, 6) is -1.56. The van der Waals surface area contributed by atoms with Crippen LogP contribution in [0, 0.1) is 5.41 Å². The van der Waals surface area contributed by atoms with E-state index >= 15 is 0 Å². The topological polar surface area (TPSA) is 79.3 Å². The van der Waals surface area contributed by atoms with Crippen molar-refractivity contribution in [3.63, 3.8) is 0 Å². The number of carbonyl (C=O) groups excluding carboxylic acids is 1. The zero-order chi connectivity index (χ0) is 13.9. The van der Waals surface area contributed by atoms with Crippen molar-refractivity contribution in [1.29, 1.82) is 0 Å². The number of aromatic nitrogens is 1. The molecular formula is C12H15BrN2O3. The molecule has 1 heterocycles. The molecule has 1 aromatic rings. The lowest BCUT2D eigenvalue weighted by molar-refractivity contribution is -0.142. The maximum atomic E-state index is 11.9. The van der Waals surface area contributed by atoms with Crippen molar-refractivity contribution < 1.29 is 14.7 Å². The standard InChI is InChI=1S/C12H15BrN2O3/c1-12(2,3)9(11(17)18)15-10(16)8-5-4-7(13)6-14-8/h4-6,9H,1-3H3,(H,15,16)(H,17,18)/t9-/m1/s1. The summed E-state index contributed by atoms with van der Waals surface area (Å²) in [6, 6.07) is 2.24. The van der Waals surface area contributed by atoms with Gasteiger partial charge in [0.25, 0.3) is 5.91 Å². The van der Waals surface area contributed by atoms with E-state index in [1.165, 1.54) is 12.3 Å². The fourth-order valence-corrected chi connectivity index (χ4v) is 1.60. The quantitative estimate of drug-likeness (QED) is 0.895. The second kappa shape index (κ2) is 5.48. The van der Waals surface area contributed by atoms with Gasteiger partial charge in [-0.15, -0.1) is 0 Å². The minimum atomic E-state index is -1.06. The third-order valence-corrected chi connectivity index (χ3v) is 2.82. The highest BCUT2D eigenvalue weighted by Crippen LogP contribution is 2.19. The van der Waals surface area contributed by atoms with Gasteiger partial charge in [-0.05, 0) is 33.5 Å². The van der Waals surface area contributed by atoms with Crippen LogP contribution in [0.25, 0.3) is 0 Å². The van der Waals surface area contributed by atoms with Crippen molar-refractivity contribution in [1.82, 2.24) is 10.3 Å². The van der Waals surface area contributed by atoms with Gasteiger partial charge in [-0.25, -0.2) is 9.78 Å². The van der Waals surface area contributed by atoms with Crippen LogP contribution in [0.15, 0.2) is 22.8 Å². The lowest BCUT2D eigenvalue weighted by atomic mass is 9.86. The molecule has 0 unspecified atom stereocenters. The minimum absolute atomic E-state index is 0.189. The van der Waals surface area contributed by atoms with E-state index < -0.39 is 23.3 Å². The Morgan fingerprint density at radius 1 is 1.39 bits per heavy atom. The Kier molecular flexibility index (Phi) is 4.45. The highest BCUT2D eigenvalue weighted by Gasteiger charge is 2.32. The van der Waals surface area contributed by atoms with Gasteiger partial charge in [0.05, 0.1) is 0 Å². The van der Waals surface area contributed by atoms with Crippen LogP contribution >= 0.6 is 15.9 Å². The molecule has 1 aromatic heterocycles. The van der Waals surface area contributed by atoms with Gasteiger partial charge >= 0.3 is 5.97 Å². The predicted molar refractivity (Wildman–Crippen MR) is 70.3 cm³/mol. The molecule has 1 rings (SSSR count). The molecule has 6 heteroatoms. The van der Waals surface area contributed by atoms with Gasteiger partial charge in [-0.2, -0.15) is 0 Å². The molecular weight excluding hydrogens is 300 g/mol. The Morgan fingerprint density at radius 3 is 2.39 bits per heavy atom. The third-order valence-electron chi connectivity index (χ3n) is 2.35. The first-order valence-electron chi connectivity index (χ1n) is 5.37. The van der Waals surface area contributed by atoms with Crippen LogP contribution in [0.1, 0.15) is 31.3 Å². The molecule has 0 bridgehead atoms. The van der Waals surface area contributed by atoms with E-state index in [1.807, 2.05) is 0 Å². The number of nitrogens with zero attached hydrogens (tertiary/aromatic N) is 1. The number of nitrogens with one attached hydrogen (secondary N) is 1. The second-order valence-corrected chi connectivity index (χ2v) is 5.89. The van der Waals surface area contributed by atoms with Gasteiger partial charge in [0.1, 0.15) is 11.7 Å². The molecule has 98 valence electrons. The van der Waals surface area contributed by atoms with Gasteiger partial charge in [-0.3, -0.25) is 4.79 Å². The van der Waals surface area contributed by atoms with Crippen molar-refractivity contribution in [2.24, 2.45) is 5.41 Å². The van der Waals surface area contributed by atoms with E-state index in [4.69, 9.17) is 5.11 Å². The number of carboxylic acid groups (broad SMARTS) is 1. The number of halogens is 1. The smallest absolute Gasteiger partial charge is 0.326 e. The fourth-order valence-electron chi connectivity index (χ4n) is 1.36. The molecule has 1 atom stereocenters. The molecule has 0 fully saturated rings. The van der Waals surface area contributed by atoms with Crippen LogP contribution in [0.2, 0.25) is 0 Å². The Balaban J connectivity index is 2.86. The van der Waals surface area contributed by atoms with Crippen LogP contribution in [0.4, 0.5) is 0 Å². The van der Waals surface area contributed by atoms with E-state index in [0.717, 1.165) is 4.47 Å². The predicted octanol–water partition coefficient (Wildman–Crippen LogP) is 2.07. The van der Waals surface area contributed by atoms with E-state index in [1.54, 1.807) is 26.8 Å². The maximum absolute atomic E-state index is 11.9. The number of carbonyl (C=O) groups is 2. The number of hydrogen-bond donors (Lipinski definition) is 2. The first kappa shape index (κ1) is 14.6. The average molecular weight is 315 g/mol. The van der Waals surface area contributed by atoms with E-state index in [-0.39, 0.29) is 5.69 Å². The molecule has 0 aliphatic heterocycles. The lowest BCUT2D eigenvalue weighted by Gasteiger charge is -2.27. The molecule has 0 spiro atoms. The molecule has 18 heavy (non-hydrogen) atoms. The monoisotopic (exact) mass is 314 g/mol. The van der Waals surface area contributed by atoms with Gasteiger partial charge in [0.2, 0.25) is 0 Å². The fraction of sp³-hybridized carbons (Fsp3) is 0.417. The van der Waals surface area contributed by atoms with E-state index in [2.05, 4.69) is 26.2 Å². The Hall–Kier alpha value is -1.43. The first-order valence-corrected chi connectivity index (χ1v) is 6.16. The number of rotatable bonds is 3. The molecule has 1 amide bonds. The first-order chi connectivity index (χ1) is 8.21. The number of hydrogen-bond acceptors (Lipinski definition) is 3. The summed E-state index contributed by atoms with van der Waals surface area (Å²) in [5.41, 5.74) is -0.384. The SMILES string of the molecule is CC(C)(C)[C@H](NC(=O)c1ccc(Br)cn1)C(=O)O. The van der Waals surface area contributed by atoms with Crippen molar-refractivity contribution in [3.05, 3.63) is 28.5 Å². The Labute approximate surface area is 114 Å². The molecule has 0 aromatic carbocycles. The molecule has 0 saturated carbocycles. The Morgan fingerprint density at radius 2 is 2.00 bits per heavy atom. The van der Waals surface area contributed by atoms with Crippen LogP contribution in [0.5, 0.6) is 0 Å². The second-order valence-electron chi connectivity index (χ2n) is 4.97. The van der Waals surface area contributed by atoms with Crippen molar-refractivity contribution in [2.45, 2.75) is 26.8 Å². The number of carboxylic acids is 1. The minimum Gasteiger partial charge on any atom is -0.480 e. The molecule has 0 aliphatic carbocycles. The van der Waals surface area contributed by atoms with Gasteiger partial charge in [0, 0.05) is 10.7 Å². The van der Waals surface area contributed by atoms with Crippen LogP contribution in [0.3, 0.4) is 0 Å². The van der Waals surface area contributed by atoms with Crippen LogP contribution in [-0.2, 0) is 4.79 Å². The number of pyridine rings is 1. The molecule has 0 aliphatic rings. The van der Waals surface area contributed by atoms with Gasteiger partial charge in [-0.1, -0.05) is 20.8 Å². The summed E-state index contributed by atoms with van der Waals surface area (Å²) in [4.78, 5) is 26.9. The summed E-state index contributed by atoms with van der Waals surface area (Å²) in [6.07, 6.45) is 1.49. The zero-order valence-corrected chi connectivity index (χ0v) is 12.0. The van der Waals surface area contributed by atoms with Gasteiger partial charge in [0.15, 0.2) is 0 Å². The van der Waals surface area contributed by atoms with Crippen molar-refractivity contribution >= 4 is 27.8 Å². The summed E-state index contributed by atoms with van der Waals surface area (Å²) in [5, 5.41) is 11.6. The highest BCUT2D eigenvalue weighted by molar-refractivity contribution is 9.10. The molecule has 5 nitrogen and oxygen atoms in total. The normalized spacial score (nSPS) is 12.9. The van der Waals surface area contributed by atoms with Crippen molar-refractivity contribution in [3.8, 4) is 0 Å². The molecule has 2 N–H and O–H groups in total. The number of amides is 1. The van der Waals surface area contributed by atoms with Crippen molar-refractivity contribution in [2.75, 3.05) is 0 Å². The third kappa shape index (κ3) is 3.80. The van der Waals surface area contributed by atoms with Crippen LogP contribution < -0.4 is 5.32 Å². The van der Waals surface area contributed by atoms with E-state index in [9.17, 15) is 9.59 Å². The zero-order valence-electron chi connectivity index (χ0n) is 10.4. The largest absolute Gasteiger partial charge is 0.480 e. The number of aliphatic carboxylic acids is 1. The maximum Gasteiger partial charge on any atom is 0.326 e. The summed E-state index contributed by atoms with van der Waals surface area (Å²) in [7, 11) is 0. The average Bonchev–Trinajstić information content (AvgIpc) is 2.24.